The fourth-order valence-electron chi connectivity index (χ4n) is 4.06. The van der Waals surface area contributed by atoms with E-state index in [0.717, 1.165) is 5.56 Å². The van der Waals surface area contributed by atoms with Gasteiger partial charge in [0.05, 0.1) is 17.8 Å². The Bertz CT molecular complexity index is 1420. The molecular formula is C26H39N5O9S. The third-order valence-electron chi connectivity index (χ3n) is 6.44. The number of aliphatic hydroxyl groups is 1. The van der Waals surface area contributed by atoms with E-state index in [2.05, 4.69) is 15.0 Å². The van der Waals surface area contributed by atoms with Gasteiger partial charge in [-0.15, -0.1) is 0 Å². The highest BCUT2D eigenvalue weighted by Crippen LogP contribution is 2.43. The summed E-state index contributed by atoms with van der Waals surface area (Å²) in [6.07, 6.45) is -0.0819. The number of ether oxygens (including phenoxy) is 5. The molecule has 228 valence electrons. The van der Waals surface area contributed by atoms with Gasteiger partial charge in [-0.3, -0.25) is 9.12 Å². The molecular weight excluding hydrogens is 558 g/mol. The van der Waals surface area contributed by atoms with Crippen LogP contribution in [0.2, 0.25) is 0 Å². The Hall–Kier alpha value is -2.76. The fourth-order valence-corrected chi connectivity index (χ4v) is 4.54. The van der Waals surface area contributed by atoms with Crippen molar-refractivity contribution >= 4 is 27.1 Å². The lowest BCUT2D eigenvalue weighted by Gasteiger charge is -2.24. The molecule has 0 spiro atoms. The molecule has 0 bridgehead atoms. The largest absolute Gasteiger partial charge is 0.394 e. The molecule has 4 atom stereocenters. The third kappa shape index (κ3) is 7.96. The van der Waals surface area contributed by atoms with Crippen molar-refractivity contribution in [2.24, 2.45) is 0 Å². The predicted molar refractivity (Wildman–Crippen MR) is 148 cm³/mol. The molecule has 2 fully saturated rings. The number of anilines is 1. The van der Waals surface area contributed by atoms with E-state index in [4.69, 9.17) is 34.0 Å². The van der Waals surface area contributed by atoms with Crippen LogP contribution in [0.5, 0.6) is 0 Å². The zero-order chi connectivity index (χ0) is 30.8. The fraction of sp³-hybridized carbons (Fsp3) is 0.577. The van der Waals surface area contributed by atoms with Crippen LogP contribution >= 0.6 is 0 Å². The summed E-state index contributed by atoms with van der Waals surface area (Å²) >= 11 is 0. The smallest absolute Gasteiger partial charge is 0.294 e. The van der Waals surface area contributed by atoms with Crippen LogP contribution in [0.1, 0.15) is 45.3 Å². The molecule has 2 aliphatic heterocycles. The highest BCUT2D eigenvalue weighted by atomic mass is 32.2. The Kier molecular flexibility index (Phi) is 10.1. The lowest BCUT2D eigenvalue weighted by Crippen LogP contribution is -2.31. The maximum absolute atomic E-state index is 10.5. The molecule has 4 N–H and O–H groups in total. The van der Waals surface area contributed by atoms with Crippen molar-refractivity contribution in [1.29, 1.82) is 0 Å². The van der Waals surface area contributed by atoms with Crippen molar-refractivity contribution in [3.63, 3.8) is 0 Å². The molecule has 41 heavy (non-hydrogen) atoms. The third-order valence-corrected chi connectivity index (χ3v) is 7.31. The molecule has 2 saturated heterocycles. The molecule has 0 saturated carbocycles. The van der Waals surface area contributed by atoms with Crippen molar-refractivity contribution in [1.82, 2.24) is 19.5 Å². The molecule has 0 aliphatic carbocycles. The molecule has 4 heterocycles. The van der Waals surface area contributed by atoms with E-state index in [0.29, 0.717) is 22.8 Å². The van der Waals surface area contributed by atoms with Crippen molar-refractivity contribution in [2.45, 2.75) is 82.6 Å². The van der Waals surface area contributed by atoms with Crippen LogP contribution in [-0.4, -0.2) is 88.3 Å². The van der Waals surface area contributed by atoms with Gasteiger partial charge in [0.15, 0.2) is 29.3 Å². The quantitative estimate of drug-likeness (QED) is 0.287. The standard InChI is InChI=1S/C14H19N5O4.C7H8O3S.C5H12O2/c1-6-17-11(15)8-12(18-6)19(5-16-8)13-10-9(7(4-20)21-13)22-14(2,3)23-10;1-6-2-4-7(5-3-6)11(8,9)10;1-5(2,6-3)7-4/h5,7,9-10,13,20H,4H2,1-3H3,(H2,15,17,18);2-5H,1H3,(H,8,9,10);1-4H3/t7-,9-,10-,13-;;/m1../s1. The summed E-state index contributed by atoms with van der Waals surface area (Å²) in [5.74, 6) is -0.275. The van der Waals surface area contributed by atoms with Crippen molar-refractivity contribution in [3.05, 3.63) is 42.0 Å². The molecule has 2 aliphatic rings. The van der Waals surface area contributed by atoms with E-state index < -0.39 is 34.0 Å². The van der Waals surface area contributed by atoms with E-state index in [1.165, 1.54) is 12.1 Å². The van der Waals surface area contributed by atoms with Crippen molar-refractivity contribution < 1.29 is 41.8 Å². The Balaban J connectivity index is 0.000000214. The summed E-state index contributed by atoms with van der Waals surface area (Å²) < 4.78 is 58.8. The predicted octanol–water partition coefficient (Wildman–Crippen LogP) is 2.38. The van der Waals surface area contributed by atoms with E-state index in [1.54, 1.807) is 44.2 Å². The van der Waals surface area contributed by atoms with E-state index >= 15 is 0 Å². The average molecular weight is 598 g/mol. The molecule has 1 aromatic carbocycles. The lowest BCUT2D eigenvalue weighted by atomic mass is 10.1. The molecule has 15 heteroatoms. The monoisotopic (exact) mass is 597 g/mol. The van der Waals surface area contributed by atoms with E-state index in [-0.39, 0.29) is 23.7 Å². The number of hydrogen-bond acceptors (Lipinski definition) is 12. The maximum atomic E-state index is 10.5. The molecule has 0 unspecified atom stereocenters. The maximum Gasteiger partial charge on any atom is 0.294 e. The molecule has 2 aromatic heterocycles. The highest BCUT2D eigenvalue weighted by molar-refractivity contribution is 7.85. The van der Waals surface area contributed by atoms with Crippen molar-refractivity contribution in [2.75, 3.05) is 26.6 Å². The average Bonchev–Trinajstić information content (AvgIpc) is 3.55. The van der Waals surface area contributed by atoms with Gasteiger partial charge in [0.1, 0.15) is 29.7 Å². The van der Waals surface area contributed by atoms with Gasteiger partial charge < -0.3 is 34.5 Å². The first-order valence-corrected chi connectivity index (χ1v) is 14.2. The zero-order valence-electron chi connectivity index (χ0n) is 24.4. The van der Waals surface area contributed by atoms with E-state index in [1.807, 2.05) is 34.6 Å². The highest BCUT2D eigenvalue weighted by Gasteiger charge is 2.56. The first-order chi connectivity index (χ1) is 19.0. The molecule has 0 radical (unpaired) electrons. The van der Waals surface area contributed by atoms with Crippen LogP contribution in [0.4, 0.5) is 5.82 Å². The lowest BCUT2D eigenvalue weighted by molar-refractivity contribution is -0.199. The molecule has 5 rings (SSSR count). The SMILES string of the molecule is COC(C)(C)OC.Cc1ccc(S(=O)(=O)O)cc1.Cc1nc(N)c2ncn([C@@H]3O[C@H](CO)[C@H]4OC(C)(C)O[C@H]43)c2n1. The Morgan fingerprint density at radius 1 is 1.07 bits per heavy atom. The van der Waals surface area contributed by atoms with Crippen LogP contribution in [0.3, 0.4) is 0 Å². The number of fused-ring (bicyclic) bond motifs is 2. The van der Waals surface area contributed by atoms with Gasteiger partial charge in [0, 0.05) is 14.2 Å². The molecule has 0 amide bonds. The topological polar surface area (TPSA) is 190 Å². The number of nitrogen functional groups attached to an aromatic ring is 1. The van der Waals surface area contributed by atoms with Crippen LogP contribution in [0, 0.1) is 13.8 Å². The summed E-state index contributed by atoms with van der Waals surface area (Å²) in [5.41, 5.74) is 7.95. The zero-order valence-corrected chi connectivity index (χ0v) is 25.2. The number of nitrogens with zero attached hydrogens (tertiary/aromatic N) is 4. The Labute approximate surface area is 239 Å². The van der Waals surface area contributed by atoms with Gasteiger partial charge in [-0.2, -0.15) is 8.42 Å². The first-order valence-electron chi connectivity index (χ1n) is 12.7. The van der Waals surface area contributed by atoms with Gasteiger partial charge in [-0.1, -0.05) is 17.7 Å². The normalized spacial score (nSPS) is 23.4. The second-order valence-corrected chi connectivity index (χ2v) is 11.8. The van der Waals surface area contributed by atoms with Crippen LogP contribution in [-0.2, 0) is 33.8 Å². The number of aromatic nitrogens is 4. The molecule has 3 aromatic rings. The van der Waals surface area contributed by atoms with Gasteiger partial charge in [-0.25, -0.2) is 15.0 Å². The minimum Gasteiger partial charge on any atom is -0.394 e. The number of benzene rings is 1. The first kappa shape index (κ1) is 32.8. The Morgan fingerprint density at radius 2 is 1.66 bits per heavy atom. The summed E-state index contributed by atoms with van der Waals surface area (Å²) in [6.45, 7) is 10.8. The van der Waals surface area contributed by atoms with Gasteiger partial charge in [-0.05, 0) is 53.7 Å². The summed E-state index contributed by atoms with van der Waals surface area (Å²) in [5, 5.41) is 9.57. The number of nitrogens with two attached hydrogens (primary N) is 1. The molecule has 14 nitrogen and oxygen atoms in total. The summed E-state index contributed by atoms with van der Waals surface area (Å²) in [4.78, 5) is 12.7. The number of rotatable bonds is 5. The number of aryl methyl sites for hydroxylation is 2. The number of methoxy groups -OCH3 is 2. The number of hydrogen-bond donors (Lipinski definition) is 3. The van der Waals surface area contributed by atoms with E-state index in [9.17, 15) is 13.5 Å². The second kappa shape index (κ2) is 12.6. The minimum atomic E-state index is -4.02. The van der Waals surface area contributed by atoms with Gasteiger partial charge in [0.25, 0.3) is 10.1 Å². The van der Waals surface area contributed by atoms with Crippen LogP contribution < -0.4 is 5.73 Å². The number of aliphatic hydroxyl groups excluding tert-OH is 1. The summed E-state index contributed by atoms with van der Waals surface area (Å²) in [7, 11) is -0.790. The van der Waals surface area contributed by atoms with Crippen molar-refractivity contribution in [3.8, 4) is 0 Å². The Morgan fingerprint density at radius 3 is 2.17 bits per heavy atom. The van der Waals surface area contributed by atoms with Crippen LogP contribution in [0.25, 0.3) is 11.2 Å². The van der Waals surface area contributed by atoms with Gasteiger partial charge >= 0.3 is 0 Å². The van der Waals surface area contributed by atoms with Gasteiger partial charge in [0.2, 0.25) is 0 Å². The summed E-state index contributed by atoms with van der Waals surface area (Å²) in [6, 6.07) is 5.99. The number of imidazole rings is 1. The van der Waals surface area contributed by atoms with Crippen LogP contribution in [0.15, 0.2) is 35.5 Å². The minimum absolute atomic E-state index is 0.0666. The second-order valence-electron chi connectivity index (χ2n) is 10.4.